The second-order valence-electron chi connectivity index (χ2n) is 3.84. The number of anilines is 1. The van der Waals surface area contributed by atoms with Crippen LogP contribution in [0.25, 0.3) is 0 Å². The average molecular weight is 166 g/mol. The molecule has 0 amide bonds. The van der Waals surface area contributed by atoms with Gasteiger partial charge in [0.1, 0.15) is 0 Å². The number of rotatable bonds is 0. The molecule has 0 aromatic carbocycles. The topological polar surface area (TPSA) is 48.0 Å². The number of nitrogen functional groups attached to an aromatic ring is 1. The predicted molar refractivity (Wildman–Crippen MR) is 50.1 cm³/mol. The molecule has 1 rings (SSSR count). The zero-order valence-electron chi connectivity index (χ0n) is 7.66. The quantitative estimate of drug-likeness (QED) is 0.629. The van der Waals surface area contributed by atoms with Crippen LogP contribution in [0.15, 0.2) is 23.1 Å². The van der Waals surface area contributed by atoms with E-state index < -0.39 is 0 Å². The van der Waals surface area contributed by atoms with Crippen molar-refractivity contribution in [1.29, 1.82) is 0 Å². The lowest BCUT2D eigenvalue weighted by atomic mass is 10.1. The summed E-state index contributed by atoms with van der Waals surface area (Å²) < 4.78 is 1.66. The fourth-order valence-corrected chi connectivity index (χ4v) is 1.05. The highest BCUT2D eigenvalue weighted by molar-refractivity contribution is 5.34. The van der Waals surface area contributed by atoms with Gasteiger partial charge < -0.3 is 10.3 Å². The smallest absolute Gasteiger partial charge is 0.253 e. The van der Waals surface area contributed by atoms with Gasteiger partial charge in [0.2, 0.25) is 0 Å². The largest absolute Gasteiger partial charge is 0.399 e. The monoisotopic (exact) mass is 166 g/mol. The van der Waals surface area contributed by atoms with Gasteiger partial charge in [0.05, 0.1) is 0 Å². The van der Waals surface area contributed by atoms with Crippen LogP contribution in [-0.4, -0.2) is 4.57 Å². The van der Waals surface area contributed by atoms with Gasteiger partial charge in [-0.05, 0) is 26.8 Å². The van der Waals surface area contributed by atoms with Gasteiger partial charge in [0.15, 0.2) is 0 Å². The van der Waals surface area contributed by atoms with Crippen LogP contribution in [0.2, 0.25) is 0 Å². The Morgan fingerprint density at radius 3 is 2.42 bits per heavy atom. The van der Waals surface area contributed by atoms with E-state index in [9.17, 15) is 4.79 Å². The van der Waals surface area contributed by atoms with Crippen LogP contribution in [0, 0.1) is 0 Å². The van der Waals surface area contributed by atoms with E-state index in [0.717, 1.165) is 0 Å². The summed E-state index contributed by atoms with van der Waals surface area (Å²) in [4.78, 5) is 11.4. The Morgan fingerprint density at radius 2 is 2.00 bits per heavy atom. The molecule has 3 nitrogen and oxygen atoms in total. The fraction of sp³-hybridized carbons (Fsp3) is 0.444. The number of nitrogens with zero attached hydrogens (tertiary/aromatic N) is 1. The Morgan fingerprint density at radius 1 is 1.42 bits per heavy atom. The summed E-state index contributed by atoms with van der Waals surface area (Å²) in [6.45, 7) is 5.93. The molecule has 2 N–H and O–H groups in total. The molecule has 0 aliphatic carbocycles. The first-order valence-corrected chi connectivity index (χ1v) is 3.90. The van der Waals surface area contributed by atoms with Crippen LogP contribution in [-0.2, 0) is 5.54 Å². The molecule has 0 radical (unpaired) electrons. The fourth-order valence-electron chi connectivity index (χ4n) is 1.05. The first-order valence-electron chi connectivity index (χ1n) is 3.90. The molecule has 0 aliphatic heterocycles. The summed E-state index contributed by atoms with van der Waals surface area (Å²) in [6, 6.07) is 3.16. The minimum atomic E-state index is -0.176. The van der Waals surface area contributed by atoms with Gasteiger partial charge in [-0.3, -0.25) is 4.79 Å². The summed E-state index contributed by atoms with van der Waals surface area (Å²) in [6.07, 6.45) is 1.72. The van der Waals surface area contributed by atoms with Crippen LogP contribution >= 0.6 is 0 Å². The number of hydrogen-bond donors (Lipinski definition) is 1. The van der Waals surface area contributed by atoms with Crippen molar-refractivity contribution in [3.8, 4) is 0 Å². The van der Waals surface area contributed by atoms with Crippen LogP contribution in [0.1, 0.15) is 20.8 Å². The van der Waals surface area contributed by atoms with E-state index in [0.29, 0.717) is 5.69 Å². The highest BCUT2D eigenvalue weighted by Gasteiger charge is 2.13. The Kier molecular flexibility index (Phi) is 1.96. The van der Waals surface area contributed by atoms with Crippen molar-refractivity contribution in [3.63, 3.8) is 0 Å². The molecular weight excluding hydrogens is 152 g/mol. The Bertz CT molecular complexity index is 333. The molecular formula is C9H14N2O. The highest BCUT2D eigenvalue weighted by atomic mass is 16.1. The first-order chi connectivity index (χ1) is 5.41. The summed E-state index contributed by atoms with van der Waals surface area (Å²) in [5.41, 5.74) is 5.74. The molecule has 1 aromatic rings. The molecule has 3 heteroatoms. The van der Waals surface area contributed by atoms with Crippen molar-refractivity contribution in [2.75, 3.05) is 5.73 Å². The Labute approximate surface area is 71.8 Å². The number of hydrogen-bond acceptors (Lipinski definition) is 2. The second-order valence-corrected chi connectivity index (χ2v) is 3.84. The van der Waals surface area contributed by atoms with Crippen LogP contribution in [0.4, 0.5) is 5.69 Å². The van der Waals surface area contributed by atoms with Gasteiger partial charge in [0, 0.05) is 23.5 Å². The van der Waals surface area contributed by atoms with E-state index in [2.05, 4.69) is 0 Å². The molecule has 0 aliphatic rings. The molecule has 0 bridgehead atoms. The van der Waals surface area contributed by atoms with Crippen LogP contribution < -0.4 is 11.3 Å². The van der Waals surface area contributed by atoms with Gasteiger partial charge in [-0.1, -0.05) is 0 Å². The van der Waals surface area contributed by atoms with Gasteiger partial charge >= 0.3 is 0 Å². The van der Waals surface area contributed by atoms with Crippen molar-refractivity contribution in [3.05, 3.63) is 28.7 Å². The van der Waals surface area contributed by atoms with Crippen molar-refractivity contribution in [2.45, 2.75) is 26.3 Å². The summed E-state index contributed by atoms with van der Waals surface area (Å²) in [7, 11) is 0. The Balaban J connectivity index is 3.29. The third kappa shape index (κ3) is 1.67. The third-order valence-corrected chi connectivity index (χ3v) is 1.67. The average Bonchev–Trinajstić information content (AvgIpc) is 1.83. The molecule has 0 saturated heterocycles. The summed E-state index contributed by atoms with van der Waals surface area (Å²) >= 11 is 0. The SMILES string of the molecule is CC(C)(C)n1ccc(N)cc1=O. The first kappa shape index (κ1) is 8.84. The zero-order chi connectivity index (χ0) is 9.35. The lowest BCUT2D eigenvalue weighted by molar-refractivity contribution is 0.384. The minimum Gasteiger partial charge on any atom is -0.399 e. The van der Waals surface area contributed by atoms with E-state index in [1.54, 1.807) is 16.8 Å². The molecule has 0 fully saturated rings. The molecule has 1 aromatic heterocycles. The lowest BCUT2D eigenvalue weighted by Gasteiger charge is -2.21. The van der Waals surface area contributed by atoms with Gasteiger partial charge in [0.25, 0.3) is 5.56 Å². The van der Waals surface area contributed by atoms with E-state index in [1.807, 2.05) is 20.8 Å². The molecule has 0 spiro atoms. The van der Waals surface area contributed by atoms with Gasteiger partial charge in [-0.15, -0.1) is 0 Å². The maximum Gasteiger partial charge on any atom is 0.253 e. The number of pyridine rings is 1. The maximum absolute atomic E-state index is 11.4. The Hall–Kier alpha value is -1.25. The van der Waals surface area contributed by atoms with E-state index in [4.69, 9.17) is 5.73 Å². The summed E-state index contributed by atoms with van der Waals surface area (Å²) in [5.74, 6) is 0. The number of nitrogens with two attached hydrogens (primary N) is 1. The molecule has 12 heavy (non-hydrogen) atoms. The molecule has 0 unspecified atom stereocenters. The van der Waals surface area contributed by atoms with Crippen molar-refractivity contribution < 1.29 is 0 Å². The minimum absolute atomic E-state index is 0.0532. The van der Waals surface area contributed by atoms with Crippen molar-refractivity contribution in [1.82, 2.24) is 4.57 Å². The van der Waals surface area contributed by atoms with E-state index >= 15 is 0 Å². The third-order valence-electron chi connectivity index (χ3n) is 1.67. The van der Waals surface area contributed by atoms with E-state index in [1.165, 1.54) is 6.07 Å². The van der Waals surface area contributed by atoms with E-state index in [-0.39, 0.29) is 11.1 Å². The standard InChI is InChI=1S/C9H14N2O/c1-9(2,3)11-5-4-7(10)6-8(11)12/h4-6H,10H2,1-3H3. The normalized spacial score (nSPS) is 11.6. The molecule has 0 atom stereocenters. The highest BCUT2D eigenvalue weighted by Crippen LogP contribution is 2.10. The lowest BCUT2D eigenvalue weighted by Crippen LogP contribution is -2.32. The zero-order valence-corrected chi connectivity index (χ0v) is 7.66. The van der Waals surface area contributed by atoms with Crippen LogP contribution in [0.3, 0.4) is 0 Å². The summed E-state index contributed by atoms with van der Waals surface area (Å²) in [5, 5.41) is 0. The van der Waals surface area contributed by atoms with Crippen molar-refractivity contribution >= 4 is 5.69 Å². The second kappa shape index (κ2) is 2.66. The molecule has 1 heterocycles. The maximum atomic E-state index is 11.4. The predicted octanol–water partition coefficient (Wildman–Crippen LogP) is 1.19. The van der Waals surface area contributed by atoms with Gasteiger partial charge in [-0.2, -0.15) is 0 Å². The van der Waals surface area contributed by atoms with Gasteiger partial charge in [-0.25, -0.2) is 0 Å². The molecule has 0 saturated carbocycles. The number of aromatic nitrogens is 1. The van der Waals surface area contributed by atoms with Crippen LogP contribution in [0.5, 0.6) is 0 Å². The van der Waals surface area contributed by atoms with Crippen molar-refractivity contribution in [2.24, 2.45) is 0 Å². The molecule has 66 valence electrons.